The number of hydrogen-bond acceptors (Lipinski definition) is 6. The number of furan rings is 1. The summed E-state index contributed by atoms with van der Waals surface area (Å²) in [6.07, 6.45) is 6.01. The Labute approximate surface area is 232 Å². The monoisotopic (exact) mass is 549 g/mol. The molecule has 1 unspecified atom stereocenters. The zero-order valence-corrected chi connectivity index (χ0v) is 23.0. The summed E-state index contributed by atoms with van der Waals surface area (Å²) in [6, 6.07) is 12.1. The van der Waals surface area contributed by atoms with Gasteiger partial charge < -0.3 is 23.9 Å². The number of rotatable bonds is 11. The minimum Gasteiger partial charge on any atom is -0.507 e. The maximum Gasteiger partial charge on any atom is 0.273 e. The van der Waals surface area contributed by atoms with Gasteiger partial charge in [-0.1, -0.05) is 43.9 Å². The van der Waals surface area contributed by atoms with Crippen LogP contribution in [0.1, 0.15) is 71.6 Å². The molecule has 39 heavy (non-hydrogen) atoms. The van der Waals surface area contributed by atoms with Crippen LogP contribution in [-0.2, 0) is 6.54 Å². The number of hydrogen-bond donors (Lipinski definition) is 2. The van der Waals surface area contributed by atoms with Crippen molar-refractivity contribution in [1.82, 2.24) is 15.1 Å². The molecule has 1 aliphatic heterocycles. The van der Waals surface area contributed by atoms with E-state index in [4.69, 9.17) is 25.5 Å². The van der Waals surface area contributed by atoms with E-state index in [0.29, 0.717) is 51.4 Å². The predicted molar refractivity (Wildman–Crippen MR) is 148 cm³/mol. The number of unbranched alkanes of at least 4 members (excludes halogenated alkanes) is 3. The summed E-state index contributed by atoms with van der Waals surface area (Å²) in [6.45, 7) is 4.85. The standard InChI is InChI=1S/C30H32ClN3O5/c1-4-5-6-7-12-39-24-11-10-19(15-25(24)37-3)29-26-27(21-16-22(31)18(2)14-23(21)35)32-33-28(26)30(36)34(29)17-20-9-8-13-38-20/h8-11,13-16,29,35H,4-7,12,17H2,1-3H3,(H,32,33). The predicted octanol–water partition coefficient (Wildman–Crippen LogP) is 7.05. The molecule has 2 aromatic heterocycles. The Hall–Kier alpha value is -3.91. The first kappa shape index (κ1) is 26.7. The van der Waals surface area contributed by atoms with Crippen LogP contribution in [0, 0.1) is 6.92 Å². The van der Waals surface area contributed by atoms with Crippen LogP contribution in [0.15, 0.2) is 53.1 Å². The summed E-state index contributed by atoms with van der Waals surface area (Å²) in [7, 11) is 1.60. The molecule has 204 valence electrons. The van der Waals surface area contributed by atoms with Gasteiger partial charge in [0, 0.05) is 16.1 Å². The van der Waals surface area contributed by atoms with Gasteiger partial charge in [-0.3, -0.25) is 9.89 Å². The van der Waals surface area contributed by atoms with Crippen molar-refractivity contribution in [3.8, 4) is 28.5 Å². The molecule has 2 N–H and O–H groups in total. The highest BCUT2D eigenvalue weighted by atomic mass is 35.5. The van der Waals surface area contributed by atoms with E-state index in [0.717, 1.165) is 30.4 Å². The Morgan fingerprint density at radius 2 is 2.00 bits per heavy atom. The molecule has 0 aliphatic carbocycles. The molecule has 1 aliphatic rings. The zero-order chi connectivity index (χ0) is 27.5. The second-order valence-electron chi connectivity index (χ2n) is 9.71. The number of fused-ring (bicyclic) bond motifs is 1. The fourth-order valence-corrected chi connectivity index (χ4v) is 5.19. The fourth-order valence-electron chi connectivity index (χ4n) is 5.02. The summed E-state index contributed by atoms with van der Waals surface area (Å²) in [5.74, 6) is 1.68. The van der Waals surface area contributed by atoms with Crippen LogP contribution in [0.2, 0.25) is 5.02 Å². The van der Waals surface area contributed by atoms with Gasteiger partial charge in [0.25, 0.3) is 5.91 Å². The van der Waals surface area contributed by atoms with Crippen molar-refractivity contribution in [3.63, 3.8) is 0 Å². The topological polar surface area (TPSA) is 101 Å². The second kappa shape index (κ2) is 11.5. The number of aryl methyl sites for hydroxylation is 1. The number of ether oxygens (including phenoxy) is 2. The van der Waals surface area contributed by atoms with E-state index in [2.05, 4.69) is 17.1 Å². The number of benzene rings is 2. The molecule has 0 fully saturated rings. The number of amides is 1. The van der Waals surface area contributed by atoms with E-state index in [1.807, 2.05) is 31.2 Å². The smallest absolute Gasteiger partial charge is 0.273 e. The van der Waals surface area contributed by atoms with Crippen LogP contribution in [0.3, 0.4) is 0 Å². The molecule has 9 heteroatoms. The minimum atomic E-state index is -0.529. The molecule has 1 atom stereocenters. The van der Waals surface area contributed by atoms with E-state index >= 15 is 0 Å². The lowest BCUT2D eigenvalue weighted by Crippen LogP contribution is -2.29. The van der Waals surface area contributed by atoms with Crippen LogP contribution in [0.4, 0.5) is 0 Å². The van der Waals surface area contributed by atoms with Crippen LogP contribution < -0.4 is 9.47 Å². The maximum absolute atomic E-state index is 13.7. The highest BCUT2D eigenvalue weighted by molar-refractivity contribution is 6.31. The van der Waals surface area contributed by atoms with Crippen LogP contribution in [-0.4, -0.2) is 39.8 Å². The Morgan fingerprint density at radius 3 is 2.74 bits per heavy atom. The van der Waals surface area contributed by atoms with Crippen LogP contribution in [0.25, 0.3) is 11.3 Å². The number of H-pyrrole nitrogens is 1. The average Bonchev–Trinajstić information content (AvgIpc) is 3.66. The Balaban J connectivity index is 1.56. The quantitative estimate of drug-likeness (QED) is 0.194. The SMILES string of the molecule is CCCCCCOc1ccc(C2c3c(-c4cc(Cl)c(C)cc4O)n[nH]c3C(=O)N2Cc2ccco2)cc1OC. The number of aromatic hydroxyl groups is 1. The molecule has 3 heterocycles. The molecule has 4 aromatic rings. The van der Waals surface area contributed by atoms with Crippen molar-refractivity contribution in [2.24, 2.45) is 0 Å². The molecule has 0 saturated heterocycles. The molecule has 2 aromatic carbocycles. The molecule has 0 saturated carbocycles. The summed E-state index contributed by atoms with van der Waals surface area (Å²) in [5.41, 5.74) is 3.46. The van der Waals surface area contributed by atoms with Gasteiger partial charge >= 0.3 is 0 Å². The van der Waals surface area contributed by atoms with Gasteiger partial charge in [0.05, 0.1) is 32.6 Å². The summed E-state index contributed by atoms with van der Waals surface area (Å²) in [4.78, 5) is 15.4. The van der Waals surface area contributed by atoms with Gasteiger partial charge in [0.2, 0.25) is 0 Å². The molecular formula is C30H32ClN3O5. The number of carbonyl (C=O) groups excluding carboxylic acids is 1. The highest BCUT2D eigenvalue weighted by Crippen LogP contribution is 2.47. The van der Waals surface area contributed by atoms with Crippen molar-refractivity contribution in [2.75, 3.05) is 13.7 Å². The summed E-state index contributed by atoms with van der Waals surface area (Å²) < 4.78 is 17.3. The summed E-state index contributed by atoms with van der Waals surface area (Å²) in [5, 5.41) is 18.7. The van der Waals surface area contributed by atoms with Gasteiger partial charge in [0.1, 0.15) is 22.9 Å². The lowest BCUT2D eigenvalue weighted by Gasteiger charge is -2.26. The second-order valence-corrected chi connectivity index (χ2v) is 10.1. The van der Waals surface area contributed by atoms with Crippen molar-refractivity contribution < 1.29 is 23.8 Å². The first-order valence-electron chi connectivity index (χ1n) is 13.1. The van der Waals surface area contributed by atoms with Crippen LogP contribution in [0.5, 0.6) is 17.2 Å². The normalized spacial score (nSPS) is 14.6. The molecule has 1 amide bonds. The minimum absolute atomic E-state index is 0.0336. The highest BCUT2D eigenvalue weighted by Gasteiger charge is 2.43. The molecular weight excluding hydrogens is 518 g/mol. The number of halogens is 1. The van der Waals surface area contributed by atoms with Crippen molar-refractivity contribution in [3.05, 3.63) is 81.9 Å². The number of methoxy groups -OCH3 is 1. The van der Waals surface area contributed by atoms with E-state index in [9.17, 15) is 9.90 Å². The van der Waals surface area contributed by atoms with Gasteiger partial charge in [-0.2, -0.15) is 5.10 Å². The number of phenols is 1. The van der Waals surface area contributed by atoms with E-state index in [-0.39, 0.29) is 18.2 Å². The zero-order valence-electron chi connectivity index (χ0n) is 22.3. The number of nitrogens with zero attached hydrogens (tertiary/aromatic N) is 2. The Kier molecular flexibility index (Phi) is 7.84. The van der Waals surface area contributed by atoms with Crippen molar-refractivity contribution >= 4 is 17.5 Å². The van der Waals surface area contributed by atoms with E-state index in [1.165, 1.54) is 6.42 Å². The van der Waals surface area contributed by atoms with Crippen LogP contribution >= 0.6 is 11.6 Å². The fraction of sp³-hybridized carbons (Fsp3) is 0.333. The lowest BCUT2D eigenvalue weighted by molar-refractivity contribution is 0.0716. The lowest BCUT2D eigenvalue weighted by atomic mass is 9.95. The maximum atomic E-state index is 13.7. The number of carbonyl (C=O) groups is 1. The molecule has 8 nitrogen and oxygen atoms in total. The molecule has 0 spiro atoms. The van der Waals surface area contributed by atoms with Crippen molar-refractivity contribution in [2.45, 2.75) is 52.1 Å². The van der Waals surface area contributed by atoms with Gasteiger partial charge in [-0.25, -0.2) is 0 Å². The Bertz CT molecular complexity index is 1460. The largest absolute Gasteiger partial charge is 0.507 e. The van der Waals surface area contributed by atoms with Gasteiger partial charge in [0.15, 0.2) is 11.5 Å². The van der Waals surface area contributed by atoms with Gasteiger partial charge in [-0.05, 0) is 60.9 Å². The van der Waals surface area contributed by atoms with E-state index < -0.39 is 6.04 Å². The third kappa shape index (κ3) is 5.21. The molecule has 0 bridgehead atoms. The number of aromatic amines is 1. The third-order valence-electron chi connectivity index (χ3n) is 7.06. The first-order chi connectivity index (χ1) is 18.9. The summed E-state index contributed by atoms with van der Waals surface area (Å²) >= 11 is 6.42. The molecule has 0 radical (unpaired) electrons. The number of phenolic OH excluding ortho intramolecular Hbond substituents is 1. The number of nitrogens with one attached hydrogen (secondary N) is 1. The van der Waals surface area contributed by atoms with E-state index in [1.54, 1.807) is 36.5 Å². The Morgan fingerprint density at radius 1 is 1.15 bits per heavy atom. The third-order valence-corrected chi connectivity index (χ3v) is 7.47. The van der Waals surface area contributed by atoms with Gasteiger partial charge in [-0.15, -0.1) is 0 Å². The number of aromatic nitrogens is 2. The first-order valence-corrected chi connectivity index (χ1v) is 13.5. The van der Waals surface area contributed by atoms with Crippen molar-refractivity contribution in [1.29, 1.82) is 0 Å². The molecule has 5 rings (SSSR count). The average molecular weight is 550 g/mol.